The zero-order valence-electron chi connectivity index (χ0n) is 15.3. The van der Waals surface area contributed by atoms with E-state index in [9.17, 15) is 5.11 Å². The van der Waals surface area contributed by atoms with E-state index >= 15 is 0 Å². The number of hydrogen-bond acceptors (Lipinski definition) is 1. The molecule has 1 heteroatoms. The Balaban J connectivity index is 1.76. The van der Waals surface area contributed by atoms with Crippen LogP contribution in [0.15, 0.2) is 84.4 Å². The lowest BCUT2D eigenvalue weighted by Crippen LogP contribution is -2.30. The van der Waals surface area contributed by atoms with Crippen molar-refractivity contribution in [3.8, 4) is 0 Å². The summed E-state index contributed by atoms with van der Waals surface area (Å²) in [6.07, 6.45) is 3.14. The fourth-order valence-electron chi connectivity index (χ4n) is 3.70. The van der Waals surface area contributed by atoms with Crippen LogP contribution in [0.4, 0.5) is 0 Å². The summed E-state index contributed by atoms with van der Waals surface area (Å²) in [4.78, 5) is 0. The molecule has 1 aliphatic carbocycles. The lowest BCUT2D eigenvalue weighted by Gasteiger charge is -2.30. The number of hydrogen-bond donors (Lipinski definition) is 1. The third-order valence-electron chi connectivity index (χ3n) is 5.37. The lowest BCUT2D eigenvalue weighted by atomic mass is 9.81. The Morgan fingerprint density at radius 2 is 1.27 bits per heavy atom. The highest BCUT2D eigenvalue weighted by atomic mass is 16.3. The first-order valence-electron chi connectivity index (χ1n) is 9.19. The summed E-state index contributed by atoms with van der Waals surface area (Å²) in [6, 6.07) is 26.9. The molecule has 1 saturated carbocycles. The Bertz CT molecular complexity index is 873. The number of rotatable bonds is 4. The largest absolute Gasteiger partial charge is 0.380 e. The van der Waals surface area contributed by atoms with Gasteiger partial charge < -0.3 is 5.11 Å². The van der Waals surface area contributed by atoms with Crippen molar-refractivity contribution in [2.45, 2.75) is 25.9 Å². The summed E-state index contributed by atoms with van der Waals surface area (Å²) >= 11 is 0. The molecule has 1 fully saturated rings. The van der Waals surface area contributed by atoms with E-state index in [1.165, 1.54) is 22.3 Å². The molecular formula is C25H24O. The second-order valence-electron chi connectivity index (χ2n) is 7.39. The SMILES string of the molecule is Cc1ccc(C(O)(c2ccc(C)cc2)C2C/C2=C/c2ccccc2)cc1. The normalized spacial score (nSPS) is 18.1. The minimum atomic E-state index is -0.984. The van der Waals surface area contributed by atoms with Gasteiger partial charge in [0.15, 0.2) is 0 Å². The molecule has 3 aromatic rings. The Hall–Kier alpha value is -2.64. The van der Waals surface area contributed by atoms with Crippen molar-refractivity contribution in [2.75, 3.05) is 0 Å². The van der Waals surface area contributed by atoms with Gasteiger partial charge >= 0.3 is 0 Å². The second-order valence-corrected chi connectivity index (χ2v) is 7.39. The molecule has 1 nitrogen and oxygen atoms in total. The fourth-order valence-corrected chi connectivity index (χ4v) is 3.70. The minimum Gasteiger partial charge on any atom is -0.380 e. The van der Waals surface area contributed by atoms with Crippen LogP contribution >= 0.6 is 0 Å². The van der Waals surface area contributed by atoms with Crippen LogP contribution in [0.5, 0.6) is 0 Å². The Labute approximate surface area is 155 Å². The van der Waals surface area contributed by atoms with Crippen LogP contribution in [-0.2, 0) is 5.60 Å². The van der Waals surface area contributed by atoms with Crippen molar-refractivity contribution >= 4 is 6.08 Å². The average molecular weight is 340 g/mol. The third kappa shape index (κ3) is 3.11. The molecule has 1 aliphatic rings. The highest BCUT2D eigenvalue weighted by Crippen LogP contribution is 2.54. The molecule has 0 spiro atoms. The van der Waals surface area contributed by atoms with Gasteiger partial charge in [-0.05, 0) is 37.0 Å². The van der Waals surface area contributed by atoms with Gasteiger partial charge in [0.25, 0.3) is 0 Å². The smallest absolute Gasteiger partial charge is 0.121 e. The summed E-state index contributed by atoms with van der Waals surface area (Å²) in [5.74, 6) is 0.119. The van der Waals surface area contributed by atoms with Crippen LogP contribution in [0.3, 0.4) is 0 Å². The lowest BCUT2D eigenvalue weighted by molar-refractivity contribution is 0.0612. The van der Waals surface area contributed by atoms with Gasteiger partial charge in [-0.2, -0.15) is 0 Å². The van der Waals surface area contributed by atoms with Crippen LogP contribution < -0.4 is 0 Å². The Morgan fingerprint density at radius 1 is 0.769 bits per heavy atom. The molecule has 26 heavy (non-hydrogen) atoms. The molecule has 1 unspecified atom stereocenters. The summed E-state index contributed by atoms with van der Waals surface area (Å²) in [7, 11) is 0. The summed E-state index contributed by atoms with van der Waals surface area (Å²) in [6.45, 7) is 4.15. The molecule has 3 aromatic carbocycles. The predicted molar refractivity (Wildman–Crippen MR) is 108 cm³/mol. The highest BCUT2D eigenvalue weighted by Gasteiger charge is 2.50. The van der Waals surface area contributed by atoms with Gasteiger partial charge in [0.1, 0.15) is 5.60 Å². The van der Waals surface area contributed by atoms with E-state index in [4.69, 9.17) is 0 Å². The van der Waals surface area contributed by atoms with E-state index in [0.717, 1.165) is 17.5 Å². The standard InChI is InChI=1S/C25H24O/c1-18-8-12-22(13-9-18)25(26,23-14-10-19(2)11-15-23)24-17-21(24)16-20-6-4-3-5-7-20/h3-16,24,26H,17H2,1-2H3/b21-16-. The first-order valence-corrected chi connectivity index (χ1v) is 9.19. The van der Waals surface area contributed by atoms with E-state index in [2.05, 4.69) is 92.7 Å². The maximum Gasteiger partial charge on any atom is 0.121 e. The molecule has 1 atom stereocenters. The topological polar surface area (TPSA) is 20.2 Å². The molecule has 0 bridgehead atoms. The van der Waals surface area contributed by atoms with Gasteiger partial charge in [-0.25, -0.2) is 0 Å². The number of aryl methyl sites for hydroxylation is 2. The van der Waals surface area contributed by atoms with Crippen molar-refractivity contribution in [2.24, 2.45) is 5.92 Å². The predicted octanol–water partition coefficient (Wildman–Crippen LogP) is 5.64. The fraction of sp³-hybridized carbons (Fsp3) is 0.200. The second kappa shape index (κ2) is 6.59. The first kappa shape index (κ1) is 16.8. The van der Waals surface area contributed by atoms with Crippen LogP contribution in [0.1, 0.15) is 34.2 Å². The monoisotopic (exact) mass is 340 g/mol. The van der Waals surface area contributed by atoms with Crippen molar-refractivity contribution in [1.29, 1.82) is 0 Å². The molecule has 0 amide bonds. The minimum absolute atomic E-state index is 0.119. The Morgan fingerprint density at radius 3 is 1.77 bits per heavy atom. The zero-order valence-corrected chi connectivity index (χ0v) is 15.3. The Kier molecular flexibility index (Phi) is 4.26. The van der Waals surface area contributed by atoms with E-state index < -0.39 is 5.60 Å². The number of aliphatic hydroxyl groups is 1. The van der Waals surface area contributed by atoms with E-state index in [0.29, 0.717) is 0 Å². The molecular weight excluding hydrogens is 316 g/mol. The summed E-state index contributed by atoms with van der Waals surface area (Å²) in [5.41, 5.74) is 5.86. The van der Waals surface area contributed by atoms with E-state index in [-0.39, 0.29) is 5.92 Å². The van der Waals surface area contributed by atoms with Crippen molar-refractivity contribution in [3.05, 3.63) is 112 Å². The molecule has 0 radical (unpaired) electrons. The van der Waals surface area contributed by atoms with Gasteiger partial charge in [-0.1, -0.05) is 102 Å². The molecule has 0 aromatic heterocycles. The van der Waals surface area contributed by atoms with Gasteiger partial charge in [0.2, 0.25) is 0 Å². The van der Waals surface area contributed by atoms with E-state index in [1.807, 2.05) is 6.07 Å². The van der Waals surface area contributed by atoms with Crippen LogP contribution in [0.2, 0.25) is 0 Å². The number of benzene rings is 3. The maximum absolute atomic E-state index is 11.9. The van der Waals surface area contributed by atoms with Gasteiger partial charge in [-0.15, -0.1) is 0 Å². The van der Waals surface area contributed by atoms with Crippen molar-refractivity contribution in [3.63, 3.8) is 0 Å². The van der Waals surface area contributed by atoms with Crippen LogP contribution in [0, 0.1) is 19.8 Å². The quantitative estimate of drug-likeness (QED) is 0.651. The first-order chi connectivity index (χ1) is 12.6. The van der Waals surface area contributed by atoms with Crippen molar-refractivity contribution in [1.82, 2.24) is 0 Å². The molecule has 0 heterocycles. The highest BCUT2D eigenvalue weighted by molar-refractivity contribution is 5.60. The van der Waals surface area contributed by atoms with Crippen LogP contribution in [0.25, 0.3) is 6.08 Å². The zero-order chi connectivity index (χ0) is 18.1. The summed E-state index contributed by atoms with van der Waals surface area (Å²) in [5, 5.41) is 11.9. The molecule has 4 rings (SSSR count). The molecule has 0 saturated heterocycles. The van der Waals surface area contributed by atoms with Gasteiger partial charge in [0.05, 0.1) is 0 Å². The van der Waals surface area contributed by atoms with Crippen LogP contribution in [-0.4, -0.2) is 5.11 Å². The third-order valence-corrected chi connectivity index (χ3v) is 5.37. The average Bonchev–Trinajstić information content (AvgIpc) is 3.43. The summed E-state index contributed by atoms with van der Waals surface area (Å²) < 4.78 is 0. The maximum atomic E-state index is 11.9. The molecule has 130 valence electrons. The van der Waals surface area contributed by atoms with E-state index in [1.54, 1.807) is 0 Å². The van der Waals surface area contributed by atoms with Gasteiger partial charge in [-0.3, -0.25) is 0 Å². The van der Waals surface area contributed by atoms with Gasteiger partial charge in [0, 0.05) is 5.92 Å². The molecule has 1 N–H and O–H groups in total. The van der Waals surface area contributed by atoms with Crippen molar-refractivity contribution < 1.29 is 5.11 Å². The molecule has 0 aliphatic heterocycles.